The zero-order chi connectivity index (χ0) is 14.7. The summed E-state index contributed by atoms with van der Waals surface area (Å²) in [6, 6.07) is 4.05. The van der Waals surface area contributed by atoms with Gasteiger partial charge in [0.15, 0.2) is 0 Å². The minimum absolute atomic E-state index is 0.183. The minimum Gasteiger partial charge on any atom is -0.336 e. The van der Waals surface area contributed by atoms with Crippen molar-refractivity contribution in [2.75, 3.05) is 13.1 Å². The second-order valence-electron chi connectivity index (χ2n) is 5.18. The molecule has 0 aliphatic carbocycles. The molecule has 20 heavy (non-hydrogen) atoms. The topological polar surface area (TPSA) is 32.3 Å². The van der Waals surface area contributed by atoms with Gasteiger partial charge in [-0.25, -0.2) is 8.78 Å². The standard InChI is InChI=1S/C15H18F2N2O/c1-10-8-19(9-11(2)18-10)15(20)7-6-12-13(16)4-3-5-14(12)17/h3-7,10-11,18H,8-9H2,1-2H3. The molecule has 1 aliphatic heterocycles. The SMILES string of the molecule is CC1CN(C(=O)C=Cc2c(F)cccc2F)CC(C)N1. The maximum atomic E-state index is 13.4. The third-order valence-corrected chi connectivity index (χ3v) is 3.26. The van der Waals surface area contributed by atoms with E-state index in [4.69, 9.17) is 0 Å². The van der Waals surface area contributed by atoms with Gasteiger partial charge in [0, 0.05) is 36.8 Å². The first kappa shape index (κ1) is 14.7. The smallest absolute Gasteiger partial charge is 0.246 e. The number of amides is 1. The zero-order valence-corrected chi connectivity index (χ0v) is 11.6. The Morgan fingerprint density at radius 2 is 1.80 bits per heavy atom. The Labute approximate surface area is 117 Å². The van der Waals surface area contributed by atoms with Crippen molar-refractivity contribution in [3.8, 4) is 0 Å². The third-order valence-electron chi connectivity index (χ3n) is 3.26. The molecular formula is C15H18F2N2O. The van der Waals surface area contributed by atoms with E-state index in [1.165, 1.54) is 30.4 Å². The van der Waals surface area contributed by atoms with Gasteiger partial charge < -0.3 is 10.2 Å². The van der Waals surface area contributed by atoms with E-state index >= 15 is 0 Å². The van der Waals surface area contributed by atoms with Gasteiger partial charge in [-0.05, 0) is 32.1 Å². The lowest BCUT2D eigenvalue weighted by atomic mass is 10.1. The molecular weight excluding hydrogens is 262 g/mol. The Kier molecular flexibility index (Phi) is 4.49. The van der Waals surface area contributed by atoms with Gasteiger partial charge in [-0.3, -0.25) is 4.79 Å². The Bertz CT molecular complexity index is 500. The van der Waals surface area contributed by atoms with E-state index in [0.29, 0.717) is 13.1 Å². The molecule has 1 fully saturated rings. The quantitative estimate of drug-likeness (QED) is 0.842. The maximum Gasteiger partial charge on any atom is 0.246 e. The highest BCUT2D eigenvalue weighted by Crippen LogP contribution is 2.14. The highest BCUT2D eigenvalue weighted by Gasteiger charge is 2.23. The van der Waals surface area contributed by atoms with Crippen LogP contribution >= 0.6 is 0 Å². The highest BCUT2D eigenvalue weighted by atomic mass is 19.1. The van der Waals surface area contributed by atoms with Crippen LogP contribution in [0, 0.1) is 11.6 Å². The van der Waals surface area contributed by atoms with Crippen LogP contribution in [0.15, 0.2) is 24.3 Å². The van der Waals surface area contributed by atoms with Crippen LogP contribution < -0.4 is 5.32 Å². The molecule has 2 atom stereocenters. The fourth-order valence-electron chi connectivity index (χ4n) is 2.44. The van der Waals surface area contributed by atoms with Gasteiger partial charge in [0.25, 0.3) is 0 Å². The lowest BCUT2D eigenvalue weighted by molar-refractivity contribution is -0.127. The predicted molar refractivity (Wildman–Crippen MR) is 74.0 cm³/mol. The van der Waals surface area contributed by atoms with Crippen LogP contribution in [-0.4, -0.2) is 36.0 Å². The number of benzene rings is 1. The van der Waals surface area contributed by atoms with E-state index in [1.54, 1.807) is 4.90 Å². The van der Waals surface area contributed by atoms with E-state index in [1.807, 2.05) is 13.8 Å². The minimum atomic E-state index is -0.670. The largest absolute Gasteiger partial charge is 0.336 e. The molecule has 1 saturated heterocycles. The number of halogens is 2. The van der Waals surface area contributed by atoms with Crippen molar-refractivity contribution in [3.05, 3.63) is 41.5 Å². The van der Waals surface area contributed by atoms with Crippen LogP contribution in [0.25, 0.3) is 6.08 Å². The molecule has 3 nitrogen and oxygen atoms in total. The average molecular weight is 280 g/mol. The molecule has 5 heteroatoms. The number of carbonyl (C=O) groups is 1. The van der Waals surface area contributed by atoms with Crippen LogP contribution in [0.5, 0.6) is 0 Å². The van der Waals surface area contributed by atoms with E-state index < -0.39 is 11.6 Å². The molecule has 0 aromatic heterocycles. The van der Waals surface area contributed by atoms with Crippen LogP contribution in [0.4, 0.5) is 8.78 Å². The van der Waals surface area contributed by atoms with Crippen molar-refractivity contribution in [3.63, 3.8) is 0 Å². The second-order valence-corrected chi connectivity index (χ2v) is 5.18. The van der Waals surface area contributed by atoms with Crippen molar-refractivity contribution in [1.82, 2.24) is 10.2 Å². The number of carbonyl (C=O) groups excluding carboxylic acids is 1. The molecule has 1 N–H and O–H groups in total. The molecule has 1 amide bonds. The maximum absolute atomic E-state index is 13.4. The molecule has 0 radical (unpaired) electrons. The first-order valence-electron chi connectivity index (χ1n) is 6.64. The highest BCUT2D eigenvalue weighted by molar-refractivity contribution is 5.92. The number of piperazine rings is 1. The summed E-state index contributed by atoms with van der Waals surface area (Å²) in [5.41, 5.74) is -0.183. The summed E-state index contributed by atoms with van der Waals surface area (Å²) in [7, 11) is 0. The monoisotopic (exact) mass is 280 g/mol. The Morgan fingerprint density at radius 3 is 2.35 bits per heavy atom. The fourth-order valence-corrected chi connectivity index (χ4v) is 2.44. The van der Waals surface area contributed by atoms with Gasteiger partial charge in [-0.2, -0.15) is 0 Å². The molecule has 1 aromatic carbocycles. The van der Waals surface area contributed by atoms with Gasteiger partial charge in [0.2, 0.25) is 5.91 Å². The second kappa shape index (κ2) is 6.13. The third kappa shape index (κ3) is 3.42. The van der Waals surface area contributed by atoms with Gasteiger partial charge >= 0.3 is 0 Å². The van der Waals surface area contributed by atoms with E-state index in [-0.39, 0.29) is 23.6 Å². The summed E-state index contributed by atoms with van der Waals surface area (Å²) < 4.78 is 26.9. The first-order chi connectivity index (χ1) is 9.47. The van der Waals surface area contributed by atoms with Crippen LogP contribution in [0.3, 0.4) is 0 Å². The summed E-state index contributed by atoms with van der Waals surface area (Å²) in [6.07, 6.45) is 2.43. The Hall–Kier alpha value is -1.75. The van der Waals surface area contributed by atoms with Crippen molar-refractivity contribution >= 4 is 12.0 Å². The predicted octanol–water partition coefficient (Wildman–Crippen LogP) is 2.19. The molecule has 0 spiro atoms. The van der Waals surface area contributed by atoms with Crippen molar-refractivity contribution in [2.24, 2.45) is 0 Å². The summed E-state index contributed by atoms with van der Waals surface area (Å²) in [4.78, 5) is 13.7. The normalized spacial score (nSPS) is 23.3. The molecule has 0 bridgehead atoms. The van der Waals surface area contributed by atoms with Crippen LogP contribution in [-0.2, 0) is 4.79 Å². The number of hydrogen-bond acceptors (Lipinski definition) is 2. The molecule has 0 saturated carbocycles. The van der Waals surface area contributed by atoms with Crippen molar-refractivity contribution < 1.29 is 13.6 Å². The fraction of sp³-hybridized carbons (Fsp3) is 0.400. The zero-order valence-electron chi connectivity index (χ0n) is 11.6. The average Bonchev–Trinajstić information content (AvgIpc) is 2.36. The Morgan fingerprint density at radius 1 is 1.25 bits per heavy atom. The van der Waals surface area contributed by atoms with E-state index in [0.717, 1.165) is 0 Å². The Balaban J connectivity index is 2.09. The van der Waals surface area contributed by atoms with Crippen molar-refractivity contribution in [2.45, 2.75) is 25.9 Å². The van der Waals surface area contributed by atoms with E-state index in [2.05, 4.69) is 5.32 Å². The number of nitrogens with one attached hydrogen (secondary N) is 1. The molecule has 2 rings (SSSR count). The van der Waals surface area contributed by atoms with E-state index in [9.17, 15) is 13.6 Å². The lowest BCUT2D eigenvalue weighted by Gasteiger charge is -2.35. The van der Waals surface area contributed by atoms with Crippen molar-refractivity contribution in [1.29, 1.82) is 0 Å². The van der Waals surface area contributed by atoms with Gasteiger partial charge in [-0.1, -0.05) is 6.07 Å². The summed E-state index contributed by atoms with van der Waals surface area (Å²) in [5, 5.41) is 3.32. The summed E-state index contributed by atoms with van der Waals surface area (Å²) >= 11 is 0. The number of rotatable bonds is 2. The molecule has 1 heterocycles. The molecule has 1 aromatic rings. The summed E-state index contributed by atoms with van der Waals surface area (Å²) in [6.45, 7) is 5.17. The molecule has 108 valence electrons. The van der Waals surface area contributed by atoms with Crippen LogP contribution in [0.2, 0.25) is 0 Å². The number of hydrogen-bond donors (Lipinski definition) is 1. The number of nitrogens with zero attached hydrogens (tertiary/aromatic N) is 1. The van der Waals surface area contributed by atoms with Crippen LogP contribution in [0.1, 0.15) is 19.4 Å². The lowest BCUT2D eigenvalue weighted by Crippen LogP contribution is -2.55. The van der Waals surface area contributed by atoms with Gasteiger partial charge in [0.05, 0.1) is 0 Å². The van der Waals surface area contributed by atoms with Gasteiger partial charge in [0.1, 0.15) is 11.6 Å². The first-order valence-corrected chi connectivity index (χ1v) is 6.64. The molecule has 2 unspecified atom stereocenters. The molecule has 1 aliphatic rings. The van der Waals surface area contributed by atoms with Gasteiger partial charge in [-0.15, -0.1) is 0 Å². The summed E-state index contributed by atoms with van der Waals surface area (Å²) in [5.74, 6) is -1.57.